The molecule has 4 aromatic rings. The van der Waals surface area contributed by atoms with E-state index < -0.39 is 34.6 Å². The molecule has 4 aromatic carbocycles. The Balaban J connectivity index is 2.03. The number of benzene rings is 4. The van der Waals surface area contributed by atoms with Crippen molar-refractivity contribution < 1.29 is 16.8 Å². The minimum absolute atomic E-state index is 0.0988. The maximum atomic E-state index is 14.2. The Morgan fingerprint density at radius 2 is 1.26 bits per heavy atom. The number of sulfone groups is 2. The van der Waals surface area contributed by atoms with Crippen molar-refractivity contribution in [2.45, 2.75) is 42.9 Å². The summed E-state index contributed by atoms with van der Waals surface area (Å²) >= 11 is -0.520. The van der Waals surface area contributed by atoms with E-state index in [4.69, 9.17) is 0 Å². The topological polar surface area (TPSA) is 68.3 Å². The van der Waals surface area contributed by atoms with Gasteiger partial charge in [0.15, 0.2) is 0 Å². The van der Waals surface area contributed by atoms with Gasteiger partial charge in [0.2, 0.25) is 0 Å². The molecule has 0 atom stereocenters. The van der Waals surface area contributed by atoms with Crippen LogP contribution in [0.25, 0.3) is 0 Å². The molecule has 42 heavy (non-hydrogen) atoms. The van der Waals surface area contributed by atoms with Crippen molar-refractivity contribution in [3.63, 3.8) is 0 Å². The monoisotopic (exact) mass is 660 g/mol. The Hall–Kier alpha value is -3.66. The summed E-state index contributed by atoms with van der Waals surface area (Å²) in [6, 6.07) is 33.6. The van der Waals surface area contributed by atoms with E-state index in [1.165, 1.54) is 18.2 Å². The molecular weight excluding hydrogens is 627 g/mol. The number of hydrogen-bond acceptors (Lipinski definition) is 4. The van der Waals surface area contributed by atoms with Gasteiger partial charge in [-0.3, -0.25) is 0 Å². The molecule has 7 heteroatoms. The number of hydrogen-bond donors (Lipinski definition) is 0. The first-order valence-electron chi connectivity index (χ1n) is 13.6. The van der Waals surface area contributed by atoms with Crippen molar-refractivity contribution in [1.29, 1.82) is 0 Å². The van der Waals surface area contributed by atoms with Gasteiger partial charge >= 0.3 is 257 Å². The first-order chi connectivity index (χ1) is 20.2. The van der Waals surface area contributed by atoms with E-state index in [2.05, 4.69) is 11.8 Å². The van der Waals surface area contributed by atoms with Gasteiger partial charge in [-0.1, -0.05) is 0 Å². The third-order valence-corrected chi connectivity index (χ3v) is 12.6. The van der Waals surface area contributed by atoms with Gasteiger partial charge in [-0.2, -0.15) is 0 Å². The molecule has 214 valence electrons. The van der Waals surface area contributed by atoms with Crippen molar-refractivity contribution in [2.24, 2.45) is 0 Å². The summed E-state index contributed by atoms with van der Waals surface area (Å²) < 4.78 is 57.8. The third-order valence-electron chi connectivity index (χ3n) is 6.37. The van der Waals surface area contributed by atoms with Crippen LogP contribution in [0.4, 0.5) is 0 Å². The van der Waals surface area contributed by atoms with Crippen LogP contribution in [-0.4, -0.2) is 31.8 Å². The van der Waals surface area contributed by atoms with Crippen LogP contribution in [0.2, 0.25) is 0 Å². The quantitative estimate of drug-likeness (QED) is 0.109. The summed E-state index contributed by atoms with van der Waals surface area (Å²) in [6.07, 6.45) is 3.21. The van der Waals surface area contributed by atoms with Crippen LogP contribution in [0, 0.1) is 18.8 Å². The zero-order chi connectivity index (χ0) is 30.0. The predicted molar refractivity (Wildman–Crippen MR) is 172 cm³/mol. The van der Waals surface area contributed by atoms with Crippen molar-refractivity contribution in [3.05, 3.63) is 147 Å². The molecule has 0 amide bonds. The second kappa shape index (κ2) is 14.5. The van der Waals surface area contributed by atoms with Crippen LogP contribution in [0.1, 0.15) is 37.3 Å². The molecule has 4 nitrogen and oxygen atoms in total. The van der Waals surface area contributed by atoms with Gasteiger partial charge in [0.05, 0.1) is 0 Å². The van der Waals surface area contributed by atoms with Crippen LogP contribution in [-0.2, 0) is 19.7 Å². The van der Waals surface area contributed by atoms with Crippen molar-refractivity contribution in [3.8, 4) is 11.8 Å². The van der Waals surface area contributed by atoms with Gasteiger partial charge in [-0.25, -0.2) is 0 Å². The molecule has 0 spiro atoms. The summed E-state index contributed by atoms with van der Waals surface area (Å²) in [4.78, 5) is 0.385. The number of unbranched alkanes of at least 4 members (excludes halogenated alkanes) is 1. The van der Waals surface area contributed by atoms with Crippen LogP contribution < -0.4 is 4.46 Å². The van der Waals surface area contributed by atoms with Crippen LogP contribution in [0.15, 0.2) is 145 Å². The van der Waals surface area contributed by atoms with E-state index in [1.54, 1.807) is 54.6 Å². The van der Waals surface area contributed by atoms with E-state index >= 15 is 0 Å². The number of rotatable bonds is 10. The number of aryl methyl sites for hydroxylation is 1. The molecule has 0 aromatic heterocycles. The normalized spacial score (nSPS) is 12.7. The summed E-state index contributed by atoms with van der Waals surface area (Å²) in [5.74, 6) is 5.89. The van der Waals surface area contributed by atoms with Crippen molar-refractivity contribution >= 4 is 39.1 Å². The molecule has 0 aliphatic heterocycles. The first-order valence-corrected chi connectivity index (χ1v) is 18.3. The standard InChI is InChI=1S/C35H32O4S2Se/c1-3-4-20-34(41(38,39)31-24-21-28(2)22-25-31)35(42-33-18-12-7-13-19-33)27-32(26-23-29-14-8-5-9-15-29)40(36,37)30-16-10-6-11-17-30/h5-19,21-22,24-25,27H,3-4,20H2,1-2H3/b32-27+,35-34+. The Morgan fingerprint density at radius 3 is 1.86 bits per heavy atom. The number of allylic oxidation sites excluding steroid dienone is 4. The average molecular weight is 660 g/mol. The fraction of sp³-hybridized carbons (Fsp3) is 0.143. The maximum absolute atomic E-state index is 14.2. The predicted octanol–water partition coefficient (Wildman–Crippen LogP) is 6.61. The Kier molecular flexibility index (Phi) is 10.8. The van der Waals surface area contributed by atoms with Crippen LogP contribution in [0.3, 0.4) is 0 Å². The van der Waals surface area contributed by atoms with Gasteiger partial charge in [0.25, 0.3) is 0 Å². The van der Waals surface area contributed by atoms with E-state index in [1.807, 2.05) is 62.4 Å². The van der Waals surface area contributed by atoms with Gasteiger partial charge in [0.1, 0.15) is 0 Å². The Labute approximate surface area is 256 Å². The van der Waals surface area contributed by atoms with Crippen molar-refractivity contribution in [1.82, 2.24) is 0 Å². The summed E-state index contributed by atoms with van der Waals surface area (Å²) in [5, 5.41) is 0. The molecular formula is C35H32O4S2Se. The van der Waals surface area contributed by atoms with E-state index in [0.29, 0.717) is 16.5 Å². The SMILES string of the molecule is CCCC/C(=C(/C=C(\C#Cc1ccccc1)S(=O)(=O)c1ccccc1)[Se]c1ccccc1)S(=O)(=O)c1ccc(C)cc1. The molecule has 0 bridgehead atoms. The van der Waals surface area contributed by atoms with Gasteiger partial charge < -0.3 is 0 Å². The second-order valence-corrected chi connectivity index (χ2v) is 15.8. The molecule has 0 aliphatic carbocycles. The van der Waals surface area contributed by atoms with Gasteiger partial charge in [-0.05, 0) is 0 Å². The molecule has 0 heterocycles. The summed E-state index contributed by atoms with van der Waals surface area (Å²) in [6.45, 7) is 3.91. The molecule has 0 aliphatic rings. The van der Waals surface area contributed by atoms with Crippen LogP contribution in [0.5, 0.6) is 0 Å². The summed E-state index contributed by atoms with van der Waals surface area (Å²) in [7, 11) is -7.98. The minimum atomic E-state index is -4.06. The van der Waals surface area contributed by atoms with E-state index in [-0.39, 0.29) is 26.0 Å². The Morgan fingerprint density at radius 1 is 0.714 bits per heavy atom. The Bertz CT molecular complexity index is 1830. The van der Waals surface area contributed by atoms with Gasteiger partial charge in [0, 0.05) is 0 Å². The van der Waals surface area contributed by atoms with E-state index in [0.717, 1.165) is 16.4 Å². The zero-order valence-electron chi connectivity index (χ0n) is 23.5. The van der Waals surface area contributed by atoms with Gasteiger partial charge in [-0.15, -0.1) is 0 Å². The molecule has 0 saturated heterocycles. The molecule has 0 radical (unpaired) electrons. The van der Waals surface area contributed by atoms with Crippen molar-refractivity contribution in [2.75, 3.05) is 0 Å². The molecule has 0 N–H and O–H groups in total. The fourth-order valence-corrected chi connectivity index (χ4v) is 9.84. The second-order valence-electron chi connectivity index (χ2n) is 9.56. The average Bonchev–Trinajstić information content (AvgIpc) is 3.00. The molecule has 4 rings (SSSR count). The molecule has 0 saturated carbocycles. The van der Waals surface area contributed by atoms with E-state index in [9.17, 15) is 16.8 Å². The first kappa shape index (κ1) is 31.3. The molecule has 0 fully saturated rings. The third kappa shape index (κ3) is 8.00. The fourth-order valence-electron chi connectivity index (χ4n) is 4.05. The summed E-state index contributed by atoms with van der Waals surface area (Å²) in [5.41, 5.74) is 1.61. The van der Waals surface area contributed by atoms with Crippen LogP contribution >= 0.6 is 0 Å². The zero-order valence-corrected chi connectivity index (χ0v) is 26.9. The molecule has 0 unspecified atom stereocenters.